The van der Waals surface area contributed by atoms with Crippen LogP contribution in [-0.4, -0.2) is 26.7 Å². The summed E-state index contributed by atoms with van der Waals surface area (Å²) >= 11 is 0. The number of hydrogen-bond donors (Lipinski definition) is 0. The van der Waals surface area contributed by atoms with Crippen LogP contribution in [-0.2, 0) is 0 Å². The van der Waals surface area contributed by atoms with E-state index in [-0.39, 0.29) is 0 Å². The fraction of sp³-hybridized carbons (Fsp3) is 0.0455. The molecule has 0 radical (unpaired) electrons. The van der Waals surface area contributed by atoms with E-state index >= 15 is 0 Å². The number of methoxy groups -OCH3 is 1. The van der Waals surface area contributed by atoms with Crippen LogP contribution in [0.4, 0.5) is 0 Å². The predicted molar refractivity (Wildman–Crippen MR) is 106 cm³/mol. The highest BCUT2D eigenvalue weighted by molar-refractivity contribution is 5.91. The van der Waals surface area contributed by atoms with Crippen molar-refractivity contribution in [2.75, 3.05) is 7.11 Å². The lowest BCUT2D eigenvalue weighted by Crippen LogP contribution is -1.96. The van der Waals surface area contributed by atoms with Gasteiger partial charge in [0.1, 0.15) is 11.4 Å². The first-order valence-electron chi connectivity index (χ1n) is 8.68. The number of rotatable bonds is 3. The summed E-state index contributed by atoms with van der Waals surface area (Å²) in [5.41, 5.74) is 4.71. The summed E-state index contributed by atoms with van der Waals surface area (Å²) in [5, 5.41) is 10.0. The maximum atomic E-state index is 5.27. The molecule has 2 aromatic carbocycles. The Morgan fingerprint density at radius 1 is 0.778 bits per heavy atom. The van der Waals surface area contributed by atoms with Crippen molar-refractivity contribution in [2.45, 2.75) is 0 Å². The van der Waals surface area contributed by atoms with E-state index in [4.69, 9.17) is 4.74 Å². The summed E-state index contributed by atoms with van der Waals surface area (Å²) in [6.07, 6.45) is 1.79. The van der Waals surface area contributed by atoms with Crippen LogP contribution in [0.3, 0.4) is 0 Å². The lowest BCUT2D eigenvalue weighted by atomic mass is 10.1. The number of benzene rings is 2. The van der Waals surface area contributed by atoms with Gasteiger partial charge in [0.2, 0.25) is 0 Å². The molecular formula is C22H16N4O. The van der Waals surface area contributed by atoms with Gasteiger partial charge in [-0.3, -0.25) is 4.40 Å². The lowest BCUT2D eigenvalue weighted by molar-refractivity contribution is 0.415. The molecule has 130 valence electrons. The molecule has 3 heterocycles. The summed E-state index contributed by atoms with van der Waals surface area (Å²) in [6.45, 7) is 0. The minimum absolute atomic E-state index is 0.758. The quantitative estimate of drug-likeness (QED) is 0.475. The van der Waals surface area contributed by atoms with E-state index in [2.05, 4.69) is 39.4 Å². The first-order chi connectivity index (χ1) is 13.3. The van der Waals surface area contributed by atoms with Gasteiger partial charge in [-0.15, -0.1) is 10.2 Å². The normalized spacial score (nSPS) is 11.1. The second-order valence-electron chi connectivity index (χ2n) is 6.25. The van der Waals surface area contributed by atoms with Gasteiger partial charge in [0, 0.05) is 22.7 Å². The van der Waals surface area contributed by atoms with Crippen LogP contribution in [0, 0.1) is 0 Å². The summed E-state index contributed by atoms with van der Waals surface area (Å²) in [4.78, 5) is 4.59. The Hall–Kier alpha value is -3.73. The topological polar surface area (TPSA) is 52.3 Å². The van der Waals surface area contributed by atoms with Gasteiger partial charge in [-0.1, -0.05) is 30.3 Å². The molecule has 5 heteroatoms. The minimum atomic E-state index is 0.758. The highest BCUT2D eigenvalue weighted by Gasteiger charge is 2.16. The molecule has 0 atom stereocenters. The highest BCUT2D eigenvalue weighted by Crippen LogP contribution is 2.31. The first-order valence-corrected chi connectivity index (χ1v) is 8.68. The second-order valence-corrected chi connectivity index (χ2v) is 6.25. The number of ether oxygens (including phenoxy) is 1. The van der Waals surface area contributed by atoms with E-state index in [0.29, 0.717) is 0 Å². The Balaban J connectivity index is 1.85. The maximum absolute atomic E-state index is 5.27. The van der Waals surface area contributed by atoms with Gasteiger partial charge in [0.15, 0.2) is 11.5 Å². The number of aromatic nitrogens is 4. The molecule has 0 aliphatic heterocycles. The molecule has 3 aromatic heterocycles. The molecule has 5 nitrogen and oxygen atoms in total. The van der Waals surface area contributed by atoms with Crippen molar-refractivity contribution < 1.29 is 4.74 Å². The zero-order valence-corrected chi connectivity index (χ0v) is 14.7. The van der Waals surface area contributed by atoms with Gasteiger partial charge >= 0.3 is 0 Å². The molecule has 0 unspecified atom stereocenters. The van der Waals surface area contributed by atoms with E-state index in [0.717, 1.165) is 44.9 Å². The van der Waals surface area contributed by atoms with Crippen molar-refractivity contribution in [3.8, 4) is 28.3 Å². The average molecular weight is 352 g/mol. The third-order valence-corrected chi connectivity index (χ3v) is 4.67. The Morgan fingerprint density at radius 3 is 2.37 bits per heavy atom. The summed E-state index contributed by atoms with van der Waals surface area (Å²) < 4.78 is 7.29. The molecular weight excluding hydrogens is 336 g/mol. The molecule has 0 saturated heterocycles. The number of hydrogen-bond acceptors (Lipinski definition) is 4. The molecule has 0 amide bonds. The van der Waals surface area contributed by atoms with Crippen molar-refractivity contribution in [3.05, 3.63) is 79.0 Å². The van der Waals surface area contributed by atoms with Gasteiger partial charge in [0.25, 0.3) is 0 Å². The zero-order chi connectivity index (χ0) is 18.2. The standard InChI is InChI=1S/C22H16N4O/c1-27-18-11-9-16(10-12-18)21-24-25-22-19(15-6-3-2-4-7-15)14-17-8-5-13-23-20(17)26(21)22/h2-14H,1H3. The molecule has 0 spiro atoms. The van der Waals surface area contributed by atoms with Crippen LogP contribution < -0.4 is 4.74 Å². The third-order valence-electron chi connectivity index (χ3n) is 4.67. The van der Waals surface area contributed by atoms with Crippen molar-refractivity contribution in [2.24, 2.45) is 0 Å². The second kappa shape index (κ2) is 6.21. The molecule has 0 bridgehead atoms. The fourth-order valence-corrected chi connectivity index (χ4v) is 3.35. The van der Waals surface area contributed by atoms with Crippen LogP contribution in [0.25, 0.3) is 39.2 Å². The van der Waals surface area contributed by atoms with Crippen LogP contribution in [0.1, 0.15) is 0 Å². The molecule has 0 N–H and O–H groups in total. The third kappa shape index (κ3) is 2.52. The molecule has 27 heavy (non-hydrogen) atoms. The van der Waals surface area contributed by atoms with Crippen molar-refractivity contribution in [1.82, 2.24) is 19.6 Å². The highest BCUT2D eigenvalue weighted by atomic mass is 16.5. The molecule has 0 fully saturated rings. The van der Waals surface area contributed by atoms with E-state index in [9.17, 15) is 0 Å². The number of pyridine rings is 2. The lowest BCUT2D eigenvalue weighted by Gasteiger charge is -2.09. The molecule has 0 aliphatic rings. The van der Waals surface area contributed by atoms with Gasteiger partial charge in [-0.25, -0.2) is 4.98 Å². The summed E-state index contributed by atoms with van der Waals surface area (Å²) in [7, 11) is 1.66. The molecule has 0 aliphatic carbocycles. The largest absolute Gasteiger partial charge is 0.497 e. The van der Waals surface area contributed by atoms with Crippen LogP contribution in [0.15, 0.2) is 79.0 Å². The molecule has 5 aromatic rings. The van der Waals surface area contributed by atoms with Crippen LogP contribution >= 0.6 is 0 Å². The summed E-state index contributed by atoms with van der Waals surface area (Å²) in [5.74, 6) is 1.56. The first kappa shape index (κ1) is 15.5. The monoisotopic (exact) mass is 352 g/mol. The van der Waals surface area contributed by atoms with E-state index < -0.39 is 0 Å². The smallest absolute Gasteiger partial charge is 0.170 e. The van der Waals surface area contributed by atoms with E-state index in [1.54, 1.807) is 13.3 Å². The average Bonchev–Trinajstić information content (AvgIpc) is 3.19. The Bertz CT molecular complexity index is 1240. The van der Waals surface area contributed by atoms with E-state index in [1.807, 2.05) is 52.9 Å². The van der Waals surface area contributed by atoms with Crippen LogP contribution in [0.5, 0.6) is 5.75 Å². The Labute approximate surface area is 155 Å². The van der Waals surface area contributed by atoms with Crippen molar-refractivity contribution in [1.29, 1.82) is 0 Å². The van der Waals surface area contributed by atoms with Gasteiger partial charge < -0.3 is 4.74 Å². The Morgan fingerprint density at radius 2 is 1.59 bits per heavy atom. The fourth-order valence-electron chi connectivity index (χ4n) is 3.35. The van der Waals surface area contributed by atoms with Crippen LogP contribution in [0.2, 0.25) is 0 Å². The van der Waals surface area contributed by atoms with Gasteiger partial charge in [-0.2, -0.15) is 0 Å². The summed E-state index contributed by atoms with van der Waals surface area (Å²) in [6, 6.07) is 24.2. The van der Waals surface area contributed by atoms with Gasteiger partial charge in [-0.05, 0) is 48.0 Å². The van der Waals surface area contributed by atoms with Crippen molar-refractivity contribution >= 4 is 16.7 Å². The molecule has 0 saturated carbocycles. The van der Waals surface area contributed by atoms with Gasteiger partial charge in [0.05, 0.1) is 7.11 Å². The number of fused-ring (bicyclic) bond motifs is 3. The van der Waals surface area contributed by atoms with Crippen molar-refractivity contribution in [3.63, 3.8) is 0 Å². The predicted octanol–water partition coefficient (Wildman–Crippen LogP) is 4.62. The van der Waals surface area contributed by atoms with E-state index in [1.165, 1.54) is 0 Å². The number of nitrogens with zero attached hydrogens (tertiary/aromatic N) is 4. The molecule has 5 rings (SSSR count). The zero-order valence-electron chi connectivity index (χ0n) is 14.7. The SMILES string of the molecule is COc1ccc(-c2nnc3c(-c4ccccc4)cc4cccnc4n23)cc1. The maximum Gasteiger partial charge on any atom is 0.170 e. The minimum Gasteiger partial charge on any atom is -0.497 e. The Kier molecular flexibility index (Phi) is 3.57.